The average molecular weight is 403 g/mol. The Labute approximate surface area is 176 Å². The van der Waals surface area contributed by atoms with E-state index in [0.717, 1.165) is 5.56 Å². The van der Waals surface area contributed by atoms with Gasteiger partial charge in [0.15, 0.2) is 0 Å². The molecule has 3 aromatic carbocycles. The number of ether oxygens (including phenoxy) is 1. The molecule has 0 aliphatic carbocycles. The fraction of sp³-hybridized carbons (Fsp3) is 0.167. The summed E-state index contributed by atoms with van der Waals surface area (Å²) in [5, 5.41) is 8.50. The number of hydrogen-bond donors (Lipinski definition) is 3. The van der Waals surface area contributed by atoms with Crippen molar-refractivity contribution in [3.05, 3.63) is 96.1 Å². The van der Waals surface area contributed by atoms with E-state index in [4.69, 9.17) is 4.74 Å². The van der Waals surface area contributed by atoms with Gasteiger partial charge in [-0.2, -0.15) is 0 Å². The molecule has 6 heteroatoms. The lowest BCUT2D eigenvalue weighted by Crippen LogP contribution is -2.42. The van der Waals surface area contributed by atoms with E-state index < -0.39 is 12.1 Å². The lowest BCUT2D eigenvalue weighted by atomic mass is 10.0. The molecule has 3 N–H and O–H groups in total. The number of anilines is 1. The number of carbonyl (C=O) groups excluding carboxylic acids is 2. The molecule has 0 bridgehead atoms. The molecule has 3 aromatic rings. The Morgan fingerprint density at radius 1 is 0.767 bits per heavy atom. The van der Waals surface area contributed by atoms with Crippen molar-refractivity contribution in [3.63, 3.8) is 0 Å². The molecule has 2 atom stereocenters. The highest BCUT2D eigenvalue weighted by Crippen LogP contribution is 2.18. The predicted molar refractivity (Wildman–Crippen MR) is 117 cm³/mol. The highest BCUT2D eigenvalue weighted by molar-refractivity contribution is 5.94. The minimum absolute atomic E-state index is 0.198. The molecule has 154 valence electrons. The predicted octanol–water partition coefficient (Wildman–Crippen LogP) is 4.44. The van der Waals surface area contributed by atoms with Crippen molar-refractivity contribution in [1.82, 2.24) is 10.6 Å². The van der Waals surface area contributed by atoms with Gasteiger partial charge in [-0.3, -0.25) is 4.79 Å². The van der Waals surface area contributed by atoms with Gasteiger partial charge >= 0.3 is 6.03 Å². The zero-order valence-corrected chi connectivity index (χ0v) is 17.0. The second-order valence-electron chi connectivity index (χ2n) is 6.81. The summed E-state index contributed by atoms with van der Waals surface area (Å²) in [6.45, 7) is 1.91. The van der Waals surface area contributed by atoms with Crippen LogP contribution in [0.2, 0.25) is 0 Å². The van der Waals surface area contributed by atoms with Crippen LogP contribution < -0.4 is 20.7 Å². The Morgan fingerprint density at radius 3 is 1.90 bits per heavy atom. The van der Waals surface area contributed by atoms with Gasteiger partial charge in [-0.05, 0) is 42.3 Å². The van der Waals surface area contributed by atoms with Crippen molar-refractivity contribution in [3.8, 4) is 5.75 Å². The molecule has 0 saturated heterocycles. The second kappa shape index (κ2) is 10.1. The molecular formula is C24H25N3O3. The fourth-order valence-corrected chi connectivity index (χ4v) is 3.04. The van der Waals surface area contributed by atoms with Crippen LogP contribution in [-0.4, -0.2) is 19.0 Å². The second-order valence-corrected chi connectivity index (χ2v) is 6.81. The zero-order chi connectivity index (χ0) is 21.3. The van der Waals surface area contributed by atoms with Crippen molar-refractivity contribution >= 4 is 17.6 Å². The molecule has 3 rings (SSSR count). The van der Waals surface area contributed by atoms with E-state index in [-0.39, 0.29) is 11.9 Å². The van der Waals surface area contributed by atoms with E-state index in [1.54, 1.807) is 31.4 Å². The molecule has 3 amide bonds. The SMILES string of the molecule is COc1ccc(NC(=O)N[C@@H](C(=O)N[C@H](C)c2ccccc2)c2ccccc2)cc1. The molecule has 0 aliphatic heterocycles. The molecule has 6 nitrogen and oxygen atoms in total. The number of carbonyl (C=O) groups is 2. The molecule has 0 heterocycles. The van der Waals surface area contributed by atoms with Crippen LogP contribution in [0.4, 0.5) is 10.5 Å². The van der Waals surface area contributed by atoms with Gasteiger partial charge in [-0.25, -0.2) is 4.79 Å². The molecule has 0 aromatic heterocycles. The first-order valence-corrected chi connectivity index (χ1v) is 9.68. The van der Waals surface area contributed by atoms with E-state index in [0.29, 0.717) is 17.0 Å². The van der Waals surface area contributed by atoms with Crippen LogP contribution in [0.15, 0.2) is 84.9 Å². The van der Waals surface area contributed by atoms with Crippen molar-refractivity contribution in [2.75, 3.05) is 12.4 Å². The normalized spacial score (nSPS) is 12.3. The van der Waals surface area contributed by atoms with Gasteiger partial charge in [0.25, 0.3) is 0 Å². The van der Waals surface area contributed by atoms with Crippen LogP contribution in [0.1, 0.15) is 30.1 Å². The molecule has 0 fully saturated rings. The van der Waals surface area contributed by atoms with E-state index >= 15 is 0 Å². The Hall–Kier alpha value is -3.80. The first-order valence-electron chi connectivity index (χ1n) is 9.68. The van der Waals surface area contributed by atoms with E-state index in [2.05, 4.69) is 16.0 Å². The minimum Gasteiger partial charge on any atom is -0.497 e. The van der Waals surface area contributed by atoms with Crippen molar-refractivity contribution in [2.45, 2.75) is 19.0 Å². The number of nitrogens with one attached hydrogen (secondary N) is 3. The highest BCUT2D eigenvalue weighted by Gasteiger charge is 2.24. The summed E-state index contributed by atoms with van der Waals surface area (Å²) in [6, 6.07) is 24.3. The topological polar surface area (TPSA) is 79.5 Å². The maximum atomic E-state index is 13.0. The molecule has 0 radical (unpaired) electrons. The fourth-order valence-electron chi connectivity index (χ4n) is 3.04. The van der Waals surface area contributed by atoms with Crippen LogP contribution in [0.5, 0.6) is 5.75 Å². The number of rotatable bonds is 7. The van der Waals surface area contributed by atoms with Crippen LogP contribution >= 0.6 is 0 Å². The Morgan fingerprint density at radius 2 is 1.33 bits per heavy atom. The van der Waals surface area contributed by atoms with Crippen molar-refractivity contribution in [2.24, 2.45) is 0 Å². The number of methoxy groups -OCH3 is 1. The van der Waals surface area contributed by atoms with Gasteiger partial charge in [0.1, 0.15) is 11.8 Å². The molecular weight excluding hydrogens is 378 g/mol. The number of hydrogen-bond acceptors (Lipinski definition) is 3. The number of benzene rings is 3. The summed E-state index contributed by atoms with van der Waals surface area (Å²) in [4.78, 5) is 25.6. The van der Waals surface area contributed by atoms with Crippen molar-refractivity contribution < 1.29 is 14.3 Å². The highest BCUT2D eigenvalue weighted by atomic mass is 16.5. The Balaban J connectivity index is 1.72. The van der Waals surface area contributed by atoms with Crippen LogP contribution in [0.25, 0.3) is 0 Å². The summed E-state index contributed by atoms with van der Waals surface area (Å²) in [5.41, 5.74) is 2.28. The Bertz CT molecular complexity index is 960. The quantitative estimate of drug-likeness (QED) is 0.546. The molecule has 0 saturated carbocycles. The van der Waals surface area contributed by atoms with Crippen LogP contribution in [0.3, 0.4) is 0 Å². The van der Waals surface area contributed by atoms with Gasteiger partial charge in [0.05, 0.1) is 13.2 Å². The molecule has 0 aliphatic rings. The third kappa shape index (κ3) is 5.61. The number of urea groups is 1. The Kier molecular flexibility index (Phi) is 7.05. The summed E-state index contributed by atoms with van der Waals surface area (Å²) in [5.74, 6) is 0.403. The number of amides is 3. The maximum absolute atomic E-state index is 13.0. The first-order chi connectivity index (χ1) is 14.6. The van der Waals surface area contributed by atoms with Gasteiger partial charge < -0.3 is 20.7 Å². The summed E-state index contributed by atoms with van der Waals surface area (Å²) >= 11 is 0. The molecule has 0 unspecified atom stereocenters. The van der Waals surface area contributed by atoms with Crippen LogP contribution in [0, 0.1) is 0 Å². The smallest absolute Gasteiger partial charge is 0.320 e. The van der Waals surface area contributed by atoms with Crippen LogP contribution in [-0.2, 0) is 4.79 Å². The first kappa shape index (κ1) is 20.9. The third-order valence-electron chi connectivity index (χ3n) is 4.68. The molecule has 0 spiro atoms. The van der Waals surface area contributed by atoms with E-state index in [9.17, 15) is 9.59 Å². The summed E-state index contributed by atoms with van der Waals surface area (Å²) in [7, 11) is 1.58. The van der Waals surface area contributed by atoms with E-state index in [1.807, 2.05) is 67.6 Å². The summed E-state index contributed by atoms with van der Waals surface area (Å²) in [6.07, 6.45) is 0. The monoisotopic (exact) mass is 403 g/mol. The average Bonchev–Trinajstić information content (AvgIpc) is 2.79. The van der Waals surface area contributed by atoms with Gasteiger partial charge in [0.2, 0.25) is 5.91 Å². The third-order valence-corrected chi connectivity index (χ3v) is 4.68. The van der Waals surface area contributed by atoms with Crippen molar-refractivity contribution in [1.29, 1.82) is 0 Å². The van der Waals surface area contributed by atoms with Gasteiger partial charge in [0, 0.05) is 5.69 Å². The summed E-state index contributed by atoms with van der Waals surface area (Å²) < 4.78 is 5.12. The standard InChI is InChI=1S/C24H25N3O3/c1-17(18-9-5-3-6-10-18)25-23(28)22(19-11-7-4-8-12-19)27-24(29)26-20-13-15-21(30-2)16-14-20/h3-17,22H,1-2H3,(H,25,28)(H2,26,27,29)/t17-,22-/m1/s1. The lowest BCUT2D eigenvalue weighted by Gasteiger charge is -2.22. The maximum Gasteiger partial charge on any atom is 0.320 e. The van der Waals surface area contributed by atoms with E-state index in [1.165, 1.54) is 0 Å². The largest absolute Gasteiger partial charge is 0.497 e. The van der Waals surface area contributed by atoms with Gasteiger partial charge in [-0.15, -0.1) is 0 Å². The lowest BCUT2D eigenvalue weighted by molar-refractivity contribution is -0.123. The van der Waals surface area contributed by atoms with Gasteiger partial charge in [-0.1, -0.05) is 60.7 Å². The minimum atomic E-state index is -0.837. The molecule has 30 heavy (non-hydrogen) atoms. The zero-order valence-electron chi connectivity index (χ0n) is 17.0.